The first-order valence-corrected chi connectivity index (χ1v) is 9.52. The van der Waals surface area contributed by atoms with Gasteiger partial charge in [0, 0.05) is 32.4 Å². The monoisotopic (exact) mass is 356 g/mol. The number of amides is 1. The van der Waals surface area contributed by atoms with Crippen molar-refractivity contribution in [2.45, 2.75) is 30.3 Å². The minimum absolute atomic E-state index is 0.135. The molecule has 0 bridgehead atoms. The number of carbonyl (C=O) groups excluding carboxylic acids is 1. The lowest BCUT2D eigenvalue weighted by molar-refractivity contribution is 0.0169. The minimum Gasteiger partial charge on any atom is -0.379 e. The first-order valence-electron chi connectivity index (χ1n) is 8.04. The SMILES string of the molecule is CNC(=O)c1ccc(S(=O)(=O)NCCCOC[C@@H]2CCCO2)cc1. The summed E-state index contributed by atoms with van der Waals surface area (Å²) < 4.78 is 37.8. The van der Waals surface area contributed by atoms with Crippen molar-refractivity contribution in [3.63, 3.8) is 0 Å². The van der Waals surface area contributed by atoms with Crippen molar-refractivity contribution in [3.8, 4) is 0 Å². The van der Waals surface area contributed by atoms with E-state index in [2.05, 4.69) is 10.0 Å². The quantitative estimate of drug-likeness (QED) is 0.642. The highest BCUT2D eigenvalue weighted by atomic mass is 32.2. The summed E-state index contributed by atoms with van der Waals surface area (Å²) in [6.45, 7) is 2.14. The molecule has 1 aromatic carbocycles. The van der Waals surface area contributed by atoms with E-state index >= 15 is 0 Å². The molecule has 0 aromatic heterocycles. The van der Waals surface area contributed by atoms with Crippen LogP contribution in [-0.4, -0.2) is 53.8 Å². The van der Waals surface area contributed by atoms with Gasteiger partial charge in [-0.3, -0.25) is 4.79 Å². The average Bonchev–Trinajstić information content (AvgIpc) is 3.10. The van der Waals surface area contributed by atoms with Crippen molar-refractivity contribution in [1.29, 1.82) is 0 Å². The molecule has 1 aliphatic rings. The van der Waals surface area contributed by atoms with Crippen LogP contribution in [0.5, 0.6) is 0 Å². The van der Waals surface area contributed by atoms with E-state index in [4.69, 9.17) is 9.47 Å². The van der Waals surface area contributed by atoms with Crippen LogP contribution in [0.3, 0.4) is 0 Å². The Morgan fingerprint density at radius 2 is 2.08 bits per heavy atom. The molecule has 2 N–H and O–H groups in total. The molecule has 1 heterocycles. The van der Waals surface area contributed by atoms with Crippen LogP contribution in [0, 0.1) is 0 Å². The normalized spacial score (nSPS) is 17.8. The van der Waals surface area contributed by atoms with Gasteiger partial charge in [0.25, 0.3) is 5.91 Å². The fourth-order valence-corrected chi connectivity index (χ4v) is 3.46. The smallest absolute Gasteiger partial charge is 0.251 e. The Labute approximate surface area is 142 Å². The standard InChI is InChI=1S/C16H24N2O5S/c1-17-16(19)13-5-7-15(8-6-13)24(20,21)18-9-3-10-22-12-14-4-2-11-23-14/h5-8,14,18H,2-4,9-12H2,1H3,(H,17,19)/t14-/m0/s1. The highest BCUT2D eigenvalue weighted by molar-refractivity contribution is 7.89. The van der Waals surface area contributed by atoms with Crippen LogP contribution in [0.15, 0.2) is 29.2 Å². The van der Waals surface area contributed by atoms with Crippen molar-refractivity contribution < 1.29 is 22.7 Å². The Kier molecular flexibility index (Phi) is 7.16. The van der Waals surface area contributed by atoms with Gasteiger partial charge in [-0.2, -0.15) is 0 Å². The molecular weight excluding hydrogens is 332 g/mol. The molecule has 1 atom stereocenters. The summed E-state index contributed by atoms with van der Waals surface area (Å²) >= 11 is 0. The van der Waals surface area contributed by atoms with Gasteiger partial charge >= 0.3 is 0 Å². The molecule has 0 radical (unpaired) electrons. The maximum Gasteiger partial charge on any atom is 0.251 e. The molecule has 0 aliphatic carbocycles. The number of rotatable bonds is 9. The first-order chi connectivity index (χ1) is 11.5. The van der Waals surface area contributed by atoms with Gasteiger partial charge in [0.2, 0.25) is 10.0 Å². The third-order valence-corrected chi connectivity index (χ3v) is 5.22. The van der Waals surface area contributed by atoms with Gasteiger partial charge in [0.15, 0.2) is 0 Å². The molecule has 134 valence electrons. The lowest BCUT2D eigenvalue weighted by Crippen LogP contribution is -2.26. The zero-order valence-electron chi connectivity index (χ0n) is 13.8. The zero-order valence-corrected chi connectivity index (χ0v) is 14.6. The molecule has 0 unspecified atom stereocenters. The van der Waals surface area contributed by atoms with Crippen LogP contribution in [0.2, 0.25) is 0 Å². The summed E-state index contributed by atoms with van der Waals surface area (Å²) in [4.78, 5) is 11.6. The number of hydrogen-bond donors (Lipinski definition) is 2. The van der Waals surface area contributed by atoms with E-state index in [-0.39, 0.29) is 16.9 Å². The van der Waals surface area contributed by atoms with E-state index < -0.39 is 10.0 Å². The van der Waals surface area contributed by atoms with Gasteiger partial charge in [-0.1, -0.05) is 0 Å². The molecular formula is C16H24N2O5S. The molecule has 1 aliphatic heterocycles. The number of benzene rings is 1. The predicted octanol–water partition coefficient (Wildman–Crippen LogP) is 0.910. The van der Waals surface area contributed by atoms with Crippen LogP contribution >= 0.6 is 0 Å². The Bertz CT molecular complexity index is 624. The van der Waals surface area contributed by atoms with Crippen molar-refractivity contribution in [2.24, 2.45) is 0 Å². The molecule has 24 heavy (non-hydrogen) atoms. The zero-order chi connectivity index (χ0) is 17.4. The molecule has 8 heteroatoms. The van der Waals surface area contributed by atoms with Crippen molar-refractivity contribution >= 4 is 15.9 Å². The molecule has 1 amide bonds. The van der Waals surface area contributed by atoms with Crippen LogP contribution in [0.4, 0.5) is 0 Å². The number of carbonyl (C=O) groups is 1. The second kappa shape index (κ2) is 9.12. The van der Waals surface area contributed by atoms with Crippen LogP contribution in [0.25, 0.3) is 0 Å². The molecule has 0 spiro atoms. The van der Waals surface area contributed by atoms with E-state index in [9.17, 15) is 13.2 Å². The van der Waals surface area contributed by atoms with Gasteiger partial charge in [-0.25, -0.2) is 13.1 Å². The number of sulfonamides is 1. The van der Waals surface area contributed by atoms with E-state index in [1.807, 2.05) is 0 Å². The van der Waals surface area contributed by atoms with E-state index in [0.717, 1.165) is 19.4 Å². The fraction of sp³-hybridized carbons (Fsp3) is 0.562. The number of ether oxygens (including phenoxy) is 2. The summed E-state index contributed by atoms with van der Waals surface area (Å²) in [6, 6.07) is 5.80. The molecule has 0 saturated carbocycles. The maximum absolute atomic E-state index is 12.2. The topological polar surface area (TPSA) is 93.7 Å². The van der Waals surface area contributed by atoms with Crippen molar-refractivity contribution in [3.05, 3.63) is 29.8 Å². The van der Waals surface area contributed by atoms with Gasteiger partial charge in [0.1, 0.15) is 0 Å². The van der Waals surface area contributed by atoms with Gasteiger partial charge in [0.05, 0.1) is 17.6 Å². The summed E-state index contributed by atoms with van der Waals surface area (Å²) in [5.74, 6) is -0.254. The third-order valence-electron chi connectivity index (χ3n) is 3.74. The van der Waals surface area contributed by atoms with Gasteiger partial charge in [-0.05, 0) is 43.5 Å². The Morgan fingerprint density at radius 1 is 1.33 bits per heavy atom. The lowest BCUT2D eigenvalue weighted by atomic mass is 10.2. The summed E-state index contributed by atoms with van der Waals surface area (Å²) in [6.07, 6.45) is 2.87. The second-order valence-electron chi connectivity index (χ2n) is 5.56. The maximum atomic E-state index is 12.2. The van der Waals surface area contributed by atoms with E-state index in [1.165, 1.54) is 31.3 Å². The van der Waals surface area contributed by atoms with Crippen molar-refractivity contribution in [2.75, 3.05) is 33.4 Å². The van der Waals surface area contributed by atoms with Crippen LogP contribution < -0.4 is 10.0 Å². The predicted molar refractivity (Wildman–Crippen MR) is 89.4 cm³/mol. The second-order valence-corrected chi connectivity index (χ2v) is 7.33. The third kappa shape index (κ3) is 5.55. The molecule has 1 aromatic rings. The summed E-state index contributed by atoms with van der Waals surface area (Å²) in [5.41, 5.74) is 0.416. The van der Waals surface area contributed by atoms with Crippen molar-refractivity contribution in [1.82, 2.24) is 10.0 Å². The highest BCUT2D eigenvalue weighted by Gasteiger charge is 2.16. The molecule has 2 rings (SSSR count). The largest absolute Gasteiger partial charge is 0.379 e. The van der Waals surface area contributed by atoms with Gasteiger partial charge < -0.3 is 14.8 Å². The highest BCUT2D eigenvalue weighted by Crippen LogP contribution is 2.12. The molecule has 1 saturated heterocycles. The first kappa shape index (κ1) is 18.9. The fourth-order valence-electron chi connectivity index (χ4n) is 2.38. The molecule has 1 fully saturated rings. The Morgan fingerprint density at radius 3 is 2.71 bits per heavy atom. The number of hydrogen-bond acceptors (Lipinski definition) is 5. The summed E-state index contributed by atoms with van der Waals surface area (Å²) in [7, 11) is -2.05. The Balaban J connectivity index is 1.71. The van der Waals surface area contributed by atoms with E-state index in [0.29, 0.717) is 31.7 Å². The van der Waals surface area contributed by atoms with E-state index in [1.54, 1.807) is 0 Å². The van der Waals surface area contributed by atoms with Crippen LogP contribution in [0.1, 0.15) is 29.6 Å². The van der Waals surface area contributed by atoms with Gasteiger partial charge in [-0.15, -0.1) is 0 Å². The van der Waals surface area contributed by atoms with Crippen LogP contribution in [-0.2, 0) is 19.5 Å². The average molecular weight is 356 g/mol. The Hall–Kier alpha value is -1.48. The minimum atomic E-state index is -3.57. The molecule has 7 nitrogen and oxygen atoms in total. The lowest BCUT2D eigenvalue weighted by Gasteiger charge is -2.10. The number of nitrogens with one attached hydrogen (secondary N) is 2. The summed E-state index contributed by atoms with van der Waals surface area (Å²) in [5, 5.41) is 2.49.